The number of benzene rings is 2. The molecule has 1 radical (unpaired) electrons. The molecule has 2 unspecified atom stereocenters. The summed E-state index contributed by atoms with van der Waals surface area (Å²) in [6, 6.07) is 8.97. The monoisotopic (exact) mass is 509 g/mol. The third-order valence-electron chi connectivity index (χ3n) is 6.66. The van der Waals surface area contributed by atoms with E-state index in [1.165, 1.54) is 44.5 Å². The molecule has 4 N–H and O–H groups in total. The summed E-state index contributed by atoms with van der Waals surface area (Å²) in [6.07, 6.45) is 0. The molecule has 4 heteroatoms. The molecule has 0 saturated carbocycles. The van der Waals surface area contributed by atoms with Gasteiger partial charge in [0.25, 0.3) is 0 Å². The molecule has 0 aromatic heterocycles. The quantitative estimate of drug-likeness (QED) is 0.342. The van der Waals surface area contributed by atoms with Crippen molar-refractivity contribution in [3.8, 4) is 0 Å². The predicted octanol–water partition coefficient (Wildman–Crippen LogP) is 7.87. The van der Waals surface area contributed by atoms with E-state index < -0.39 is 0 Å². The fourth-order valence-corrected chi connectivity index (χ4v) is 5.01. The molecular weight excluding hydrogens is 461 g/mol. The fraction of sp³-hybridized carbons (Fsp3) is 0.600. The van der Waals surface area contributed by atoms with Crippen LogP contribution in [0.1, 0.15) is 136 Å². The summed E-state index contributed by atoms with van der Waals surface area (Å²) < 4.78 is 0. The number of nitrogens with zero attached hydrogens (tertiary/aromatic N) is 1. The second-order valence-electron chi connectivity index (χ2n) is 11.1. The van der Waals surface area contributed by atoms with Crippen LogP contribution in [0.25, 0.3) is 5.32 Å². The maximum absolute atomic E-state index is 6.79. The zero-order valence-corrected chi connectivity index (χ0v) is 24.2. The van der Waals surface area contributed by atoms with Crippen molar-refractivity contribution in [3.05, 3.63) is 74.1 Å². The van der Waals surface area contributed by atoms with E-state index >= 15 is 0 Å². The third kappa shape index (κ3) is 7.41. The van der Waals surface area contributed by atoms with Crippen LogP contribution in [0.2, 0.25) is 0 Å². The van der Waals surface area contributed by atoms with Gasteiger partial charge >= 0.3 is 0 Å². The SMILES string of the molecule is Cc1cc(C(C)C)c(C(N)C[N-]CC(N)c2c(C(C)C)cc(C)cc2C(C)C)c(C(C)C)c1.[Co]. The van der Waals surface area contributed by atoms with E-state index in [0.717, 1.165) is 0 Å². The first-order valence-corrected chi connectivity index (χ1v) is 12.8. The Labute approximate surface area is 220 Å². The van der Waals surface area contributed by atoms with Crippen LogP contribution in [0.5, 0.6) is 0 Å². The average molecular weight is 510 g/mol. The maximum atomic E-state index is 6.79. The summed E-state index contributed by atoms with van der Waals surface area (Å²) >= 11 is 0. The second kappa shape index (κ2) is 13.2. The molecule has 0 spiro atoms. The van der Waals surface area contributed by atoms with Crippen LogP contribution >= 0.6 is 0 Å². The smallest absolute Gasteiger partial charge is 0.0110 e. The Bertz CT molecular complexity index is 797. The van der Waals surface area contributed by atoms with Gasteiger partial charge in [0.15, 0.2) is 0 Å². The number of hydrogen-bond donors (Lipinski definition) is 2. The summed E-state index contributed by atoms with van der Waals surface area (Å²) in [5.41, 5.74) is 24.2. The summed E-state index contributed by atoms with van der Waals surface area (Å²) in [6.45, 7) is 23.5. The number of hydrogen-bond acceptors (Lipinski definition) is 2. The van der Waals surface area contributed by atoms with Gasteiger partial charge < -0.3 is 16.8 Å². The van der Waals surface area contributed by atoms with E-state index in [4.69, 9.17) is 16.8 Å². The van der Waals surface area contributed by atoms with Gasteiger partial charge in [0.2, 0.25) is 0 Å². The number of rotatable bonds is 10. The summed E-state index contributed by atoms with van der Waals surface area (Å²) in [7, 11) is 0. The summed E-state index contributed by atoms with van der Waals surface area (Å²) in [4.78, 5) is 0. The van der Waals surface area contributed by atoms with Crippen molar-refractivity contribution in [2.24, 2.45) is 11.5 Å². The Morgan fingerprint density at radius 3 is 1.00 bits per heavy atom. The van der Waals surface area contributed by atoms with Gasteiger partial charge in [-0.1, -0.05) is 90.8 Å². The Hall–Kier alpha value is -1.17. The molecule has 2 atom stereocenters. The van der Waals surface area contributed by atoms with E-state index in [1.54, 1.807) is 0 Å². The molecule has 0 aliphatic rings. The van der Waals surface area contributed by atoms with Gasteiger partial charge in [0, 0.05) is 28.9 Å². The largest absolute Gasteiger partial charge is 0.659 e. The third-order valence-corrected chi connectivity index (χ3v) is 6.66. The van der Waals surface area contributed by atoms with Crippen molar-refractivity contribution in [1.82, 2.24) is 0 Å². The van der Waals surface area contributed by atoms with Gasteiger partial charge in [0.05, 0.1) is 0 Å². The molecule has 193 valence electrons. The first-order valence-electron chi connectivity index (χ1n) is 12.8. The topological polar surface area (TPSA) is 66.1 Å². The molecule has 0 saturated heterocycles. The zero-order chi connectivity index (χ0) is 25.0. The van der Waals surface area contributed by atoms with Crippen molar-refractivity contribution in [1.29, 1.82) is 0 Å². The molecule has 2 aromatic carbocycles. The van der Waals surface area contributed by atoms with Gasteiger partial charge in [-0.2, -0.15) is 0 Å². The second-order valence-corrected chi connectivity index (χ2v) is 11.1. The van der Waals surface area contributed by atoms with E-state index in [2.05, 4.69) is 93.5 Å². The Balaban J connectivity index is 0.00000578. The van der Waals surface area contributed by atoms with Crippen molar-refractivity contribution in [2.75, 3.05) is 13.1 Å². The summed E-state index contributed by atoms with van der Waals surface area (Å²) in [5, 5.41) is 4.92. The molecular formula is C30H48CoN3-. The van der Waals surface area contributed by atoms with Crippen molar-refractivity contribution in [2.45, 2.75) is 105 Å². The standard InChI is InChI=1S/C30H48N3.Co/c1-17(2)23-11-21(9)12-24(18(3)4)29(23)27(31)15-33-16-28(32)30-25(19(5)6)13-22(10)14-26(30)20(7)8;/h11-14,17-20,27-28H,15-16,31-32H2,1-10H3;/q-1;. The molecule has 0 aliphatic carbocycles. The van der Waals surface area contributed by atoms with Gasteiger partial charge in [-0.3, -0.25) is 0 Å². The number of aryl methyl sites for hydroxylation is 2. The first-order chi connectivity index (χ1) is 15.3. The van der Waals surface area contributed by atoms with Crippen molar-refractivity contribution in [3.63, 3.8) is 0 Å². The Kier molecular flexibility index (Phi) is 12.0. The van der Waals surface area contributed by atoms with Crippen LogP contribution in [0.4, 0.5) is 0 Å². The van der Waals surface area contributed by atoms with Gasteiger partial charge in [-0.05, 0) is 70.9 Å². The van der Waals surface area contributed by atoms with Crippen LogP contribution in [-0.4, -0.2) is 13.1 Å². The van der Waals surface area contributed by atoms with Crippen molar-refractivity contribution < 1.29 is 16.8 Å². The maximum Gasteiger partial charge on any atom is 0.0110 e. The predicted molar refractivity (Wildman–Crippen MR) is 146 cm³/mol. The van der Waals surface area contributed by atoms with E-state index in [9.17, 15) is 0 Å². The minimum atomic E-state index is -0.111. The van der Waals surface area contributed by atoms with Crippen LogP contribution in [0.15, 0.2) is 24.3 Å². The molecule has 34 heavy (non-hydrogen) atoms. The minimum Gasteiger partial charge on any atom is -0.659 e. The molecule has 2 rings (SSSR count). The fourth-order valence-electron chi connectivity index (χ4n) is 5.01. The van der Waals surface area contributed by atoms with E-state index in [0.29, 0.717) is 36.8 Å². The van der Waals surface area contributed by atoms with Crippen LogP contribution in [-0.2, 0) is 16.8 Å². The zero-order valence-electron chi connectivity index (χ0n) is 23.1. The number of nitrogens with two attached hydrogens (primary N) is 2. The summed E-state index contributed by atoms with van der Waals surface area (Å²) in [5.74, 6) is 1.72. The van der Waals surface area contributed by atoms with E-state index in [1.807, 2.05) is 0 Å². The molecule has 2 aromatic rings. The van der Waals surface area contributed by atoms with Crippen LogP contribution < -0.4 is 11.5 Å². The van der Waals surface area contributed by atoms with Crippen molar-refractivity contribution >= 4 is 0 Å². The normalized spacial score (nSPS) is 13.6. The van der Waals surface area contributed by atoms with Gasteiger partial charge in [-0.25, -0.2) is 0 Å². The molecule has 0 amide bonds. The van der Waals surface area contributed by atoms with Gasteiger partial charge in [-0.15, -0.1) is 13.1 Å². The minimum absolute atomic E-state index is 0. The molecule has 0 bridgehead atoms. The molecule has 0 aliphatic heterocycles. The van der Waals surface area contributed by atoms with Crippen LogP contribution in [0, 0.1) is 13.8 Å². The average Bonchev–Trinajstić information content (AvgIpc) is 2.71. The first kappa shape index (κ1) is 30.9. The molecule has 0 heterocycles. The Morgan fingerprint density at radius 1 is 0.559 bits per heavy atom. The molecule has 3 nitrogen and oxygen atoms in total. The van der Waals surface area contributed by atoms with E-state index in [-0.39, 0.29) is 28.9 Å². The Morgan fingerprint density at radius 2 is 0.794 bits per heavy atom. The van der Waals surface area contributed by atoms with Gasteiger partial charge in [0.1, 0.15) is 0 Å². The van der Waals surface area contributed by atoms with Crippen LogP contribution in [0.3, 0.4) is 0 Å². The molecule has 0 fully saturated rings.